The number of methoxy groups -OCH3 is 1. The predicted octanol–water partition coefficient (Wildman–Crippen LogP) is 1.59. The molecule has 0 saturated carbocycles. The molecule has 1 aromatic carbocycles. The van der Waals surface area contributed by atoms with Crippen molar-refractivity contribution in [3.8, 4) is 5.75 Å². The lowest BCUT2D eigenvalue weighted by molar-refractivity contribution is 0.393. The van der Waals surface area contributed by atoms with Gasteiger partial charge < -0.3 is 10.5 Å². The van der Waals surface area contributed by atoms with Crippen LogP contribution in [0.1, 0.15) is 18.4 Å². The Kier molecular flexibility index (Phi) is 4.35. The van der Waals surface area contributed by atoms with Gasteiger partial charge in [0.2, 0.25) is 10.0 Å². The number of nitrogens with two attached hydrogens (primary N) is 1. The second kappa shape index (κ2) is 5.66. The first-order valence-corrected chi connectivity index (χ1v) is 7.89. The van der Waals surface area contributed by atoms with Gasteiger partial charge in [-0.2, -0.15) is 4.31 Å². The highest BCUT2D eigenvalue weighted by Crippen LogP contribution is 2.34. The molecule has 19 heavy (non-hydrogen) atoms. The summed E-state index contributed by atoms with van der Waals surface area (Å²) in [5.41, 5.74) is 6.20. The Labute approximate surface area is 118 Å². The molecule has 0 radical (unpaired) electrons. The van der Waals surface area contributed by atoms with Crippen molar-refractivity contribution in [1.82, 2.24) is 4.31 Å². The molecule has 106 valence electrons. The Morgan fingerprint density at radius 3 is 2.53 bits per heavy atom. The van der Waals surface area contributed by atoms with E-state index in [0.717, 1.165) is 12.8 Å². The van der Waals surface area contributed by atoms with Crippen LogP contribution in [-0.4, -0.2) is 32.9 Å². The van der Waals surface area contributed by atoms with Crippen molar-refractivity contribution >= 4 is 21.6 Å². The molecule has 1 aliphatic heterocycles. The fourth-order valence-electron chi connectivity index (χ4n) is 2.27. The van der Waals surface area contributed by atoms with Crippen LogP contribution in [0.5, 0.6) is 5.75 Å². The minimum Gasteiger partial charge on any atom is -0.495 e. The molecule has 2 N–H and O–H groups in total. The van der Waals surface area contributed by atoms with Gasteiger partial charge in [0, 0.05) is 30.2 Å². The van der Waals surface area contributed by atoms with E-state index in [-0.39, 0.29) is 11.4 Å². The molecule has 1 aliphatic rings. The first-order valence-electron chi connectivity index (χ1n) is 6.07. The molecule has 0 aliphatic carbocycles. The second-order valence-electron chi connectivity index (χ2n) is 4.41. The first kappa shape index (κ1) is 14.6. The van der Waals surface area contributed by atoms with E-state index in [9.17, 15) is 8.42 Å². The van der Waals surface area contributed by atoms with E-state index in [1.54, 1.807) is 6.07 Å². The molecule has 0 aromatic heterocycles. The number of hydrogen-bond acceptors (Lipinski definition) is 4. The standard InChI is InChI=1S/C12H17ClN2O3S/c1-18-12-9(8-14)6-10(13)7-11(12)19(16,17)15-4-2-3-5-15/h6-7H,2-5,8,14H2,1H3. The Balaban J connectivity index is 2.57. The van der Waals surface area contributed by atoms with Crippen molar-refractivity contribution in [3.63, 3.8) is 0 Å². The lowest BCUT2D eigenvalue weighted by Gasteiger charge is -2.19. The third kappa shape index (κ3) is 2.72. The van der Waals surface area contributed by atoms with Gasteiger partial charge in [0.1, 0.15) is 10.6 Å². The minimum absolute atomic E-state index is 0.102. The van der Waals surface area contributed by atoms with Crippen LogP contribution in [0.15, 0.2) is 17.0 Å². The maximum absolute atomic E-state index is 12.6. The van der Waals surface area contributed by atoms with E-state index in [4.69, 9.17) is 22.1 Å². The van der Waals surface area contributed by atoms with Crippen molar-refractivity contribution in [1.29, 1.82) is 0 Å². The molecule has 1 aromatic rings. The molecule has 1 saturated heterocycles. The second-order valence-corrected chi connectivity index (χ2v) is 6.75. The summed E-state index contributed by atoms with van der Waals surface area (Å²) in [5, 5.41) is 0.346. The maximum atomic E-state index is 12.6. The fraction of sp³-hybridized carbons (Fsp3) is 0.500. The van der Waals surface area contributed by atoms with Gasteiger partial charge in [0.05, 0.1) is 7.11 Å². The van der Waals surface area contributed by atoms with E-state index in [1.807, 2.05) is 0 Å². The van der Waals surface area contributed by atoms with Crippen LogP contribution in [0, 0.1) is 0 Å². The summed E-state index contributed by atoms with van der Waals surface area (Å²) < 4.78 is 31.8. The van der Waals surface area contributed by atoms with Gasteiger partial charge in [-0.15, -0.1) is 0 Å². The average molecular weight is 305 g/mol. The molecule has 0 unspecified atom stereocenters. The third-order valence-corrected chi connectivity index (χ3v) is 5.33. The number of halogens is 1. The van der Waals surface area contributed by atoms with E-state index < -0.39 is 10.0 Å². The number of hydrogen-bond donors (Lipinski definition) is 1. The van der Waals surface area contributed by atoms with E-state index in [0.29, 0.717) is 29.4 Å². The summed E-state index contributed by atoms with van der Waals surface area (Å²) in [6.07, 6.45) is 1.76. The van der Waals surface area contributed by atoms with Gasteiger partial charge >= 0.3 is 0 Å². The van der Waals surface area contributed by atoms with E-state index >= 15 is 0 Å². The Morgan fingerprint density at radius 2 is 2.00 bits per heavy atom. The molecule has 5 nitrogen and oxygen atoms in total. The van der Waals surface area contributed by atoms with Crippen LogP contribution in [0.4, 0.5) is 0 Å². The quantitative estimate of drug-likeness (QED) is 0.917. The highest BCUT2D eigenvalue weighted by molar-refractivity contribution is 7.89. The maximum Gasteiger partial charge on any atom is 0.246 e. The van der Waals surface area contributed by atoms with Crippen molar-refractivity contribution < 1.29 is 13.2 Å². The zero-order valence-electron chi connectivity index (χ0n) is 10.7. The monoisotopic (exact) mass is 304 g/mol. The molecule has 1 fully saturated rings. The normalized spacial score (nSPS) is 16.8. The van der Waals surface area contributed by atoms with Crippen LogP contribution in [0.3, 0.4) is 0 Å². The average Bonchev–Trinajstić information content (AvgIpc) is 2.92. The molecular weight excluding hydrogens is 288 g/mol. The summed E-state index contributed by atoms with van der Waals surface area (Å²) in [6.45, 7) is 1.25. The predicted molar refractivity (Wildman–Crippen MR) is 73.9 cm³/mol. The first-order chi connectivity index (χ1) is 9.00. The van der Waals surface area contributed by atoms with Gasteiger partial charge in [0.15, 0.2) is 0 Å². The molecule has 2 rings (SSSR count). The van der Waals surface area contributed by atoms with Gasteiger partial charge in [0.25, 0.3) is 0 Å². The molecule has 1 heterocycles. The summed E-state index contributed by atoms with van der Waals surface area (Å²) in [4.78, 5) is 0.102. The van der Waals surface area contributed by atoms with Crippen LogP contribution >= 0.6 is 11.6 Å². The fourth-order valence-corrected chi connectivity index (χ4v) is 4.31. The molecule has 7 heteroatoms. The summed E-state index contributed by atoms with van der Waals surface area (Å²) in [5.74, 6) is 0.291. The summed E-state index contributed by atoms with van der Waals surface area (Å²) in [6, 6.07) is 3.05. The Hall–Kier alpha value is -0.820. The van der Waals surface area contributed by atoms with Crippen LogP contribution < -0.4 is 10.5 Å². The van der Waals surface area contributed by atoms with Crippen LogP contribution in [-0.2, 0) is 16.6 Å². The molecule has 0 bridgehead atoms. The Morgan fingerprint density at radius 1 is 1.37 bits per heavy atom. The number of sulfonamides is 1. The third-order valence-electron chi connectivity index (χ3n) is 3.20. The number of rotatable bonds is 4. The Bertz CT molecular complexity index is 569. The van der Waals surface area contributed by atoms with Crippen LogP contribution in [0.25, 0.3) is 0 Å². The molecular formula is C12H17ClN2O3S. The van der Waals surface area contributed by atoms with Crippen LogP contribution in [0.2, 0.25) is 5.02 Å². The minimum atomic E-state index is -3.57. The molecule has 0 spiro atoms. The number of benzene rings is 1. The number of ether oxygens (including phenoxy) is 1. The van der Waals surface area contributed by atoms with E-state index in [1.165, 1.54) is 17.5 Å². The van der Waals surface area contributed by atoms with Gasteiger partial charge in [-0.05, 0) is 25.0 Å². The SMILES string of the molecule is COc1c(CN)cc(Cl)cc1S(=O)(=O)N1CCCC1. The van der Waals surface area contributed by atoms with E-state index in [2.05, 4.69) is 0 Å². The van der Waals surface area contributed by atoms with Crippen molar-refractivity contribution in [2.45, 2.75) is 24.3 Å². The van der Waals surface area contributed by atoms with Crippen molar-refractivity contribution in [3.05, 3.63) is 22.7 Å². The van der Waals surface area contributed by atoms with Crippen molar-refractivity contribution in [2.24, 2.45) is 5.73 Å². The molecule has 0 amide bonds. The highest BCUT2D eigenvalue weighted by Gasteiger charge is 2.31. The zero-order valence-corrected chi connectivity index (χ0v) is 12.3. The highest BCUT2D eigenvalue weighted by atomic mass is 35.5. The topological polar surface area (TPSA) is 72.6 Å². The van der Waals surface area contributed by atoms with Crippen molar-refractivity contribution in [2.75, 3.05) is 20.2 Å². The smallest absolute Gasteiger partial charge is 0.246 e. The lowest BCUT2D eigenvalue weighted by Crippen LogP contribution is -2.28. The van der Waals surface area contributed by atoms with Gasteiger partial charge in [-0.25, -0.2) is 8.42 Å². The molecule has 0 atom stereocenters. The summed E-state index contributed by atoms with van der Waals surface area (Å²) >= 11 is 5.98. The van der Waals surface area contributed by atoms with Gasteiger partial charge in [-0.3, -0.25) is 0 Å². The summed E-state index contributed by atoms with van der Waals surface area (Å²) in [7, 11) is -2.13. The zero-order chi connectivity index (χ0) is 14.0. The number of nitrogens with zero attached hydrogens (tertiary/aromatic N) is 1. The largest absolute Gasteiger partial charge is 0.495 e. The lowest BCUT2D eigenvalue weighted by atomic mass is 10.2. The van der Waals surface area contributed by atoms with Gasteiger partial charge in [-0.1, -0.05) is 11.6 Å².